The Labute approximate surface area is 97.6 Å². The van der Waals surface area contributed by atoms with Gasteiger partial charge in [0.1, 0.15) is 0 Å². The number of rotatable bonds is 6. The van der Waals surface area contributed by atoms with E-state index in [1.807, 2.05) is 0 Å². The van der Waals surface area contributed by atoms with E-state index in [-0.39, 0.29) is 30.4 Å². The van der Waals surface area contributed by atoms with Crippen LogP contribution < -0.4 is 11.1 Å². The van der Waals surface area contributed by atoms with Crippen molar-refractivity contribution in [2.45, 2.75) is 45.1 Å². The van der Waals surface area contributed by atoms with Crippen LogP contribution in [0.3, 0.4) is 0 Å². The average Bonchev–Trinajstić information content (AvgIpc) is 2.73. The molecule has 16 heavy (non-hydrogen) atoms. The molecule has 4 N–H and O–H groups in total. The molecule has 4 nitrogen and oxygen atoms in total. The molecule has 1 aliphatic carbocycles. The van der Waals surface area contributed by atoms with Crippen LogP contribution in [0.25, 0.3) is 0 Å². The van der Waals surface area contributed by atoms with Crippen molar-refractivity contribution >= 4 is 5.91 Å². The Morgan fingerprint density at radius 3 is 2.88 bits per heavy atom. The van der Waals surface area contributed by atoms with Gasteiger partial charge in [0, 0.05) is 25.0 Å². The molecule has 94 valence electrons. The molecule has 0 radical (unpaired) electrons. The average molecular weight is 228 g/mol. The van der Waals surface area contributed by atoms with E-state index in [1.54, 1.807) is 0 Å². The predicted octanol–water partition coefficient (Wildman–Crippen LogP) is 0.639. The summed E-state index contributed by atoms with van der Waals surface area (Å²) in [6.45, 7) is 2.80. The number of hydrogen-bond donors (Lipinski definition) is 3. The lowest BCUT2D eigenvalue weighted by molar-refractivity contribution is -0.123. The first-order valence-electron chi connectivity index (χ1n) is 6.31. The Morgan fingerprint density at radius 1 is 1.56 bits per heavy atom. The van der Waals surface area contributed by atoms with Gasteiger partial charge in [0.15, 0.2) is 0 Å². The first-order valence-corrected chi connectivity index (χ1v) is 6.31. The lowest BCUT2D eigenvalue weighted by Gasteiger charge is -2.20. The van der Waals surface area contributed by atoms with Crippen LogP contribution in [0.1, 0.15) is 39.0 Å². The number of aliphatic hydroxyl groups excluding tert-OH is 1. The van der Waals surface area contributed by atoms with E-state index in [0.717, 1.165) is 25.7 Å². The highest BCUT2D eigenvalue weighted by Crippen LogP contribution is 2.25. The van der Waals surface area contributed by atoms with E-state index in [0.29, 0.717) is 13.0 Å². The largest absolute Gasteiger partial charge is 0.396 e. The molecule has 0 aliphatic heterocycles. The summed E-state index contributed by atoms with van der Waals surface area (Å²) >= 11 is 0. The monoisotopic (exact) mass is 228 g/mol. The molecule has 0 heterocycles. The van der Waals surface area contributed by atoms with Crippen LogP contribution in [0.4, 0.5) is 0 Å². The van der Waals surface area contributed by atoms with Crippen LogP contribution in [-0.4, -0.2) is 30.2 Å². The number of nitrogens with one attached hydrogen (secondary N) is 1. The molecule has 1 saturated carbocycles. The summed E-state index contributed by atoms with van der Waals surface area (Å²) in [4.78, 5) is 11.7. The SMILES string of the molecule is CCC(CN)CC(=O)NC1CCCC1CO. The van der Waals surface area contributed by atoms with Crippen molar-refractivity contribution in [3.63, 3.8) is 0 Å². The second-order valence-electron chi connectivity index (χ2n) is 4.76. The first kappa shape index (κ1) is 13.5. The van der Waals surface area contributed by atoms with Crippen LogP contribution in [-0.2, 0) is 4.79 Å². The molecule has 0 spiro atoms. The van der Waals surface area contributed by atoms with Crippen molar-refractivity contribution < 1.29 is 9.90 Å². The number of amides is 1. The molecule has 1 rings (SSSR count). The van der Waals surface area contributed by atoms with E-state index < -0.39 is 0 Å². The second kappa shape index (κ2) is 6.86. The molecule has 0 aromatic rings. The maximum Gasteiger partial charge on any atom is 0.220 e. The van der Waals surface area contributed by atoms with Crippen molar-refractivity contribution in [1.82, 2.24) is 5.32 Å². The summed E-state index contributed by atoms with van der Waals surface area (Å²) in [7, 11) is 0. The second-order valence-corrected chi connectivity index (χ2v) is 4.76. The molecular formula is C12H24N2O2. The third-order valence-electron chi connectivity index (χ3n) is 3.62. The van der Waals surface area contributed by atoms with Crippen LogP contribution >= 0.6 is 0 Å². The van der Waals surface area contributed by atoms with Crippen LogP contribution in [0.5, 0.6) is 0 Å². The number of carbonyl (C=O) groups excluding carboxylic acids is 1. The van der Waals surface area contributed by atoms with E-state index in [9.17, 15) is 4.79 Å². The maximum absolute atomic E-state index is 11.7. The summed E-state index contributed by atoms with van der Waals surface area (Å²) in [5.41, 5.74) is 5.57. The van der Waals surface area contributed by atoms with E-state index in [2.05, 4.69) is 12.2 Å². The molecule has 3 unspecified atom stereocenters. The minimum absolute atomic E-state index is 0.0858. The van der Waals surface area contributed by atoms with Crippen molar-refractivity contribution in [2.24, 2.45) is 17.6 Å². The van der Waals surface area contributed by atoms with Gasteiger partial charge in [-0.2, -0.15) is 0 Å². The van der Waals surface area contributed by atoms with Gasteiger partial charge in [0.25, 0.3) is 0 Å². The van der Waals surface area contributed by atoms with Gasteiger partial charge in [0.2, 0.25) is 5.91 Å². The molecule has 0 bridgehead atoms. The molecule has 3 atom stereocenters. The van der Waals surface area contributed by atoms with Gasteiger partial charge in [-0.25, -0.2) is 0 Å². The topological polar surface area (TPSA) is 75.4 Å². The summed E-state index contributed by atoms with van der Waals surface area (Å²) in [5.74, 6) is 0.624. The predicted molar refractivity (Wildman–Crippen MR) is 63.8 cm³/mol. The van der Waals surface area contributed by atoms with E-state index >= 15 is 0 Å². The summed E-state index contributed by atoms with van der Waals surface area (Å²) < 4.78 is 0. The van der Waals surface area contributed by atoms with Crippen LogP contribution in [0.15, 0.2) is 0 Å². The maximum atomic E-state index is 11.7. The Morgan fingerprint density at radius 2 is 2.31 bits per heavy atom. The van der Waals surface area contributed by atoms with Gasteiger partial charge >= 0.3 is 0 Å². The minimum Gasteiger partial charge on any atom is -0.396 e. The molecule has 0 saturated heterocycles. The fourth-order valence-electron chi connectivity index (χ4n) is 2.37. The molecule has 0 aromatic carbocycles. The van der Waals surface area contributed by atoms with E-state index in [4.69, 9.17) is 10.8 Å². The zero-order valence-electron chi connectivity index (χ0n) is 10.1. The highest BCUT2D eigenvalue weighted by atomic mass is 16.3. The molecule has 4 heteroatoms. The van der Waals surface area contributed by atoms with Gasteiger partial charge in [-0.15, -0.1) is 0 Å². The standard InChI is InChI=1S/C12H24N2O2/c1-2-9(7-13)6-12(16)14-11-5-3-4-10(11)8-15/h9-11,15H,2-8,13H2,1H3,(H,14,16). The molecule has 1 aliphatic rings. The number of carbonyl (C=O) groups is 1. The van der Waals surface area contributed by atoms with Crippen molar-refractivity contribution in [3.05, 3.63) is 0 Å². The van der Waals surface area contributed by atoms with Gasteiger partial charge in [-0.3, -0.25) is 4.79 Å². The van der Waals surface area contributed by atoms with Crippen LogP contribution in [0, 0.1) is 11.8 Å². The molecular weight excluding hydrogens is 204 g/mol. The third kappa shape index (κ3) is 3.76. The zero-order chi connectivity index (χ0) is 12.0. The fraction of sp³-hybridized carbons (Fsp3) is 0.917. The Hall–Kier alpha value is -0.610. The van der Waals surface area contributed by atoms with Gasteiger partial charge in [0.05, 0.1) is 0 Å². The Bertz CT molecular complexity index is 217. The Kier molecular flexibility index (Phi) is 5.77. The lowest BCUT2D eigenvalue weighted by atomic mass is 10.0. The minimum atomic E-state index is 0.0858. The molecule has 1 fully saturated rings. The lowest BCUT2D eigenvalue weighted by Crippen LogP contribution is -2.39. The van der Waals surface area contributed by atoms with Crippen molar-refractivity contribution in [2.75, 3.05) is 13.2 Å². The quantitative estimate of drug-likeness (QED) is 0.624. The van der Waals surface area contributed by atoms with Gasteiger partial charge in [-0.1, -0.05) is 19.8 Å². The zero-order valence-corrected chi connectivity index (χ0v) is 10.1. The van der Waals surface area contributed by atoms with Crippen LogP contribution in [0.2, 0.25) is 0 Å². The highest BCUT2D eigenvalue weighted by Gasteiger charge is 2.28. The third-order valence-corrected chi connectivity index (χ3v) is 3.62. The van der Waals surface area contributed by atoms with Gasteiger partial charge in [-0.05, 0) is 25.3 Å². The molecule has 0 aromatic heterocycles. The highest BCUT2D eigenvalue weighted by molar-refractivity contribution is 5.76. The summed E-state index contributed by atoms with van der Waals surface area (Å²) in [6, 6.07) is 0.174. The first-order chi connectivity index (χ1) is 7.71. The Balaban J connectivity index is 2.33. The number of hydrogen-bond acceptors (Lipinski definition) is 3. The summed E-state index contributed by atoms with van der Waals surface area (Å²) in [6.07, 6.45) is 4.58. The summed E-state index contributed by atoms with van der Waals surface area (Å²) in [5, 5.41) is 12.2. The van der Waals surface area contributed by atoms with Crippen molar-refractivity contribution in [3.8, 4) is 0 Å². The molecule has 1 amide bonds. The smallest absolute Gasteiger partial charge is 0.220 e. The number of aliphatic hydroxyl groups is 1. The van der Waals surface area contributed by atoms with Gasteiger partial charge < -0.3 is 16.2 Å². The normalized spacial score (nSPS) is 26.7. The number of nitrogens with two attached hydrogens (primary N) is 1. The van der Waals surface area contributed by atoms with E-state index in [1.165, 1.54) is 0 Å². The fourth-order valence-corrected chi connectivity index (χ4v) is 2.37. The van der Waals surface area contributed by atoms with Crippen molar-refractivity contribution in [1.29, 1.82) is 0 Å².